The Morgan fingerprint density at radius 2 is 2.20 bits per heavy atom. The standard InChI is InChI=1S/C11H16ClNO2/c1-3-14-4-5-15-11-6-9(2)13-8-10(11)7-12/h6,8H,3-5,7H2,1-2H3. The van der Waals surface area contributed by atoms with Crippen LogP contribution in [0.5, 0.6) is 5.75 Å². The van der Waals surface area contributed by atoms with Crippen molar-refractivity contribution in [3.8, 4) is 5.75 Å². The molecule has 3 nitrogen and oxygen atoms in total. The number of pyridine rings is 1. The maximum Gasteiger partial charge on any atom is 0.127 e. The maximum absolute atomic E-state index is 5.77. The zero-order chi connectivity index (χ0) is 11.1. The Hall–Kier alpha value is -0.800. The molecule has 15 heavy (non-hydrogen) atoms. The van der Waals surface area contributed by atoms with Crippen LogP contribution in [0.4, 0.5) is 0 Å². The SMILES string of the molecule is CCOCCOc1cc(C)ncc1CCl. The molecule has 4 heteroatoms. The first-order valence-corrected chi connectivity index (χ1v) is 5.53. The molecule has 0 saturated carbocycles. The first kappa shape index (κ1) is 12.3. The molecule has 0 spiro atoms. The van der Waals surface area contributed by atoms with E-state index in [4.69, 9.17) is 21.1 Å². The van der Waals surface area contributed by atoms with Crippen LogP contribution in [0.25, 0.3) is 0 Å². The summed E-state index contributed by atoms with van der Waals surface area (Å²) in [7, 11) is 0. The molecular weight excluding hydrogens is 214 g/mol. The molecule has 0 aliphatic heterocycles. The molecule has 0 saturated heterocycles. The number of halogens is 1. The zero-order valence-corrected chi connectivity index (χ0v) is 9.88. The van der Waals surface area contributed by atoms with E-state index in [1.54, 1.807) is 6.20 Å². The summed E-state index contributed by atoms with van der Waals surface area (Å²) in [5, 5.41) is 0. The van der Waals surface area contributed by atoms with Gasteiger partial charge in [0.2, 0.25) is 0 Å². The summed E-state index contributed by atoms with van der Waals surface area (Å²) in [6, 6.07) is 1.89. The van der Waals surface area contributed by atoms with E-state index in [-0.39, 0.29) is 0 Å². The van der Waals surface area contributed by atoms with Crippen molar-refractivity contribution >= 4 is 11.6 Å². The van der Waals surface area contributed by atoms with E-state index < -0.39 is 0 Å². The fourth-order valence-corrected chi connectivity index (χ4v) is 1.35. The predicted molar refractivity (Wildman–Crippen MR) is 60.5 cm³/mol. The number of nitrogens with zero attached hydrogens (tertiary/aromatic N) is 1. The molecule has 0 N–H and O–H groups in total. The molecule has 84 valence electrons. The molecule has 0 unspecified atom stereocenters. The van der Waals surface area contributed by atoms with Crippen molar-refractivity contribution in [2.45, 2.75) is 19.7 Å². The van der Waals surface area contributed by atoms with E-state index in [1.165, 1.54) is 0 Å². The van der Waals surface area contributed by atoms with Gasteiger partial charge >= 0.3 is 0 Å². The van der Waals surface area contributed by atoms with Crippen molar-refractivity contribution in [2.24, 2.45) is 0 Å². The van der Waals surface area contributed by atoms with E-state index in [1.807, 2.05) is 19.9 Å². The van der Waals surface area contributed by atoms with E-state index in [0.29, 0.717) is 25.7 Å². The number of aryl methyl sites for hydroxylation is 1. The van der Waals surface area contributed by atoms with Crippen LogP contribution in [0.3, 0.4) is 0 Å². The van der Waals surface area contributed by atoms with Gasteiger partial charge in [-0.05, 0) is 13.8 Å². The Balaban J connectivity index is 2.54. The molecular formula is C11H16ClNO2. The predicted octanol–water partition coefficient (Wildman–Crippen LogP) is 2.54. The zero-order valence-electron chi connectivity index (χ0n) is 9.12. The summed E-state index contributed by atoms with van der Waals surface area (Å²) in [6.45, 7) is 5.73. The Kier molecular flexibility index (Phi) is 5.43. The van der Waals surface area contributed by atoms with Crippen LogP contribution >= 0.6 is 11.6 Å². The third-order valence-corrected chi connectivity index (χ3v) is 2.20. The lowest BCUT2D eigenvalue weighted by Crippen LogP contribution is -2.07. The number of ether oxygens (including phenoxy) is 2. The second kappa shape index (κ2) is 6.64. The van der Waals surface area contributed by atoms with Crippen LogP contribution < -0.4 is 4.74 Å². The summed E-state index contributed by atoms with van der Waals surface area (Å²) in [5.41, 5.74) is 1.84. The van der Waals surface area contributed by atoms with E-state index >= 15 is 0 Å². The topological polar surface area (TPSA) is 31.4 Å². The van der Waals surface area contributed by atoms with Crippen molar-refractivity contribution in [2.75, 3.05) is 19.8 Å². The normalized spacial score (nSPS) is 10.3. The molecule has 1 aromatic rings. The lowest BCUT2D eigenvalue weighted by molar-refractivity contribution is 0.110. The molecule has 0 aliphatic rings. The number of rotatable bonds is 6. The second-order valence-electron chi connectivity index (χ2n) is 3.11. The van der Waals surface area contributed by atoms with Gasteiger partial charge < -0.3 is 9.47 Å². The van der Waals surface area contributed by atoms with Gasteiger partial charge in [-0.25, -0.2) is 0 Å². The number of hydrogen-bond acceptors (Lipinski definition) is 3. The molecule has 0 amide bonds. The average Bonchev–Trinajstić information content (AvgIpc) is 2.25. The van der Waals surface area contributed by atoms with Gasteiger partial charge in [-0.2, -0.15) is 0 Å². The number of aromatic nitrogens is 1. The molecule has 0 fully saturated rings. The average molecular weight is 230 g/mol. The van der Waals surface area contributed by atoms with E-state index in [9.17, 15) is 0 Å². The van der Waals surface area contributed by atoms with Crippen molar-refractivity contribution in [1.82, 2.24) is 4.98 Å². The Bertz CT molecular complexity index is 305. The first-order chi connectivity index (χ1) is 7.27. The fourth-order valence-electron chi connectivity index (χ4n) is 1.15. The molecule has 0 bridgehead atoms. The molecule has 0 atom stereocenters. The quantitative estimate of drug-likeness (QED) is 0.555. The van der Waals surface area contributed by atoms with Crippen LogP contribution in [0.15, 0.2) is 12.3 Å². The first-order valence-electron chi connectivity index (χ1n) is 5.00. The molecule has 0 aliphatic carbocycles. The summed E-state index contributed by atoms with van der Waals surface area (Å²) in [6.07, 6.45) is 1.75. The van der Waals surface area contributed by atoms with Gasteiger partial charge in [-0.1, -0.05) is 0 Å². The van der Waals surface area contributed by atoms with Gasteiger partial charge in [-0.3, -0.25) is 4.98 Å². The molecule has 1 aromatic heterocycles. The summed E-state index contributed by atoms with van der Waals surface area (Å²) < 4.78 is 10.7. The third kappa shape index (κ3) is 4.06. The highest BCUT2D eigenvalue weighted by atomic mass is 35.5. The summed E-state index contributed by atoms with van der Waals surface area (Å²) in [4.78, 5) is 4.16. The molecule has 0 aromatic carbocycles. The highest BCUT2D eigenvalue weighted by Crippen LogP contribution is 2.20. The van der Waals surface area contributed by atoms with Crippen LogP contribution in [-0.2, 0) is 10.6 Å². The fraction of sp³-hybridized carbons (Fsp3) is 0.545. The molecule has 1 heterocycles. The van der Waals surface area contributed by atoms with Gasteiger partial charge in [0, 0.05) is 30.1 Å². The van der Waals surface area contributed by atoms with Crippen LogP contribution in [-0.4, -0.2) is 24.8 Å². The minimum atomic E-state index is 0.414. The van der Waals surface area contributed by atoms with Gasteiger partial charge in [-0.15, -0.1) is 11.6 Å². The van der Waals surface area contributed by atoms with Gasteiger partial charge in [0.15, 0.2) is 0 Å². The highest BCUT2D eigenvalue weighted by molar-refractivity contribution is 6.17. The second-order valence-corrected chi connectivity index (χ2v) is 3.38. The highest BCUT2D eigenvalue weighted by Gasteiger charge is 2.03. The largest absolute Gasteiger partial charge is 0.491 e. The van der Waals surface area contributed by atoms with Crippen molar-refractivity contribution < 1.29 is 9.47 Å². The lowest BCUT2D eigenvalue weighted by Gasteiger charge is -2.10. The van der Waals surface area contributed by atoms with Crippen LogP contribution in [0.2, 0.25) is 0 Å². The Morgan fingerprint density at radius 1 is 1.40 bits per heavy atom. The molecule has 0 radical (unpaired) electrons. The van der Waals surface area contributed by atoms with Crippen molar-refractivity contribution in [3.63, 3.8) is 0 Å². The minimum Gasteiger partial charge on any atom is -0.491 e. The monoisotopic (exact) mass is 229 g/mol. The van der Waals surface area contributed by atoms with Crippen LogP contribution in [0, 0.1) is 6.92 Å². The van der Waals surface area contributed by atoms with Gasteiger partial charge in [0.25, 0.3) is 0 Å². The third-order valence-electron chi connectivity index (χ3n) is 1.91. The summed E-state index contributed by atoms with van der Waals surface area (Å²) >= 11 is 5.77. The van der Waals surface area contributed by atoms with Gasteiger partial charge in [0.05, 0.1) is 12.5 Å². The lowest BCUT2D eigenvalue weighted by atomic mass is 10.2. The maximum atomic E-state index is 5.77. The van der Waals surface area contributed by atoms with Crippen molar-refractivity contribution in [3.05, 3.63) is 23.5 Å². The number of alkyl halides is 1. The summed E-state index contributed by atoms with van der Waals surface area (Å²) in [5.74, 6) is 1.22. The smallest absolute Gasteiger partial charge is 0.127 e. The Morgan fingerprint density at radius 3 is 2.87 bits per heavy atom. The molecule has 1 rings (SSSR count). The van der Waals surface area contributed by atoms with Gasteiger partial charge in [0.1, 0.15) is 12.4 Å². The van der Waals surface area contributed by atoms with Crippen molar-refractivity contribution in [1.29, 1.82) is 0 Å². The number of hydrogen-bond donors (Lipinski definition) is 0. The Labute approximate surface area is 95.4 Å². The van der Waals surface area contributed by atoms with Crippen LogP contribution in [0.1, 0.15) is 18.2 Å². The minimum absolute atomic E-state index is 0.414. The van der Waals surface area contributed by atoms with E-state index in [0.717, 1.165) is 17.0 Å². The van der Waals surface area contributed by atoms with E-state index in [2.05, 4.69) is 4.98 Å².